The van der Waals surface area contributed by atoms with Crippen LogP contribution in [0.25, 0.3) is 5.69 Å². The first-order chi connectivity index (χ1) is 12.7. The zero-order valence-electron chi connectivity index (χ0n) is 15.7. The highest BCUT2D eigenvalue weighted by atomic mass is 127. The number of carbonyl (C=O) groups excluding carboxylic acids is 1. The Morgan fingerprint density at radius 3 is 2.63 bits per heavy atom. The Bertz CT molecular complexity index is 754. The van der Waals surface area contributed by atoms with Crippen molar-refractivity contribution in [2.24, 2.45) is 10.9 Å². The lowest BCUT2D eigenvalue weighted by Gasteiger charge is -2.33. The Balaban J connectivity index is 0.00000261. The van der Waals surface area contributed by atoms with Crippen LogP contribution in [0.4, 0.5) is 0 Å². The molecule has 1 aromatic heterocycles. The summed E-state index contributed by atoms with van der Waals surface area (Å²) in [7, 11) is 3.23. The van der Waals surface area contributed by atoms with Gasteiger partial charge in [0.2, 0.25) is 0 Å². The van der Waals surface area contributed by atoms with Gasteiger partial charge in [-0.25, -0.2) is 4.68 Å². The van der Waals surface area contributed by atoms with Gasteiger partial charge in [-0.2, -0.15) is 5.10 Å². The number of esters is 1. The minimum Gasteiger partial charge on any atom is -0.469 e. The number of para-hydroxylation sites is 1. The van der Waals surface area contributed by atoms with Gasteiger partial charge in [0.05, 0.1) is 24.9 Å². The van der Waals surface area contributed by atoms with E-state index in [0.29, 0.717) is 6.54 Å². The molecule has 1 fully saturated rings. The molecule has 2 heterocycles. The summed E-state index contributed by atoms with van der Waals surface area (Å²) in [5, 5.41) is 7.80. The average molecular weight is 483 g/mol. The Kier molecular flexibility index (Phi) is 8.08. The molecule has 1 aliphatic rings. The fraction of sp³-hybridized carbons (Fsp3) is 0.421. The lowest BCUT2D eigenvalue weighted by atomic mass is 9.97. The highest BCUT2D eigenvalue weighted by Crippen LogP contribution is 2.18. The Morgan fingerprint density at radius 2 is 2.00 bits per heavy atom. The molecule has 0 atom stereocenters. The molecular formula is C19H26IN5O2. The zero-order chi connectivity index (χ0) is 18.4. The van der Waals surface area contributed by atoms with Gasteiger partial charge in [-0.3, -0.25) is 9.79 Å². The van der Waals surface area contributed by atoms with Crippen molar-refractivity contribution < 1.29 is 9.53 Å². The second-order valence-corrected chi connectivity index (χ2v) is 6.31. The molecule has 1 aromatic carbocycles. The number of halogens is 1. The van der Waals surface area contributed by atoms with Crippen molar-refractivity contribution >= 4 is 35.9 Å². The van der Waals surface area contributed by atoms with Crippen LogP contribution in [-0.4, -0.2) is 53.9 Å². The van der Waals surface area contributed by atoms with Crippen LogP contribution < -0.4 is 5.32 Å². The van der Waals surface area contributed by atoms with E-state index >= 15 is 0 Å². The van der Waals surface area contributed by atoms with Gasteiger partial charge in [0, 0.05) is 38.4 Å². The lowest BCUT2D eigenvalue weighted by Crippen LogP contribution is -2.46. The number of aromatic nitrogens is 2. The molecule has 27 heavy (non-hydrogen) atoms. The van der Waals surface area contributed by atoms with Crippen LogP contribution >= 0.6 is 24.0 Å². The number of ether oxygens (including phenoxy) is 1. The third-order valence-electron chi connectivity index (χ3n) is 4.65. The predicted molar refractivity (Wildman–Crippen MR) is 115 cm³/mol. The number of piperidine rings is 1. The average Bonchev–Trinajstić information content (AvgIpc) is 3.18. The minimum absolute atomic E-state index is 0. The number of hydrogen-bond donors (Lipinski definition) is 1. The van der Waals surface area contributed by atoms with Crippen molar-refractivity contribution in [3.05, 3.63) is 48.3 Å². The van der Waals surface area contributed by atoms with Crippen molar-refractivity contribution in [1.29, 1.82) is 0 Å². The van der Waals surface area contributed by atoms with Gasteiger partial charge in [-0.05, 0) is 25.0 Å². The summed E-state index contributed by atoms with van der Waals surface area (Å²) in [6, 6.07) is 10.0. The molecule has 2 aromatic rings. The van der Waals surface area contributed by atoms with E-state index in [1.807, 2.05) is 47.4 Å². The summed E-state index contributed by atoms with van der Waals surface area (Å²) in [6.45, 7) is 2.24. The van der Waals surface area contributed by atoms with Gasteiger partial charge in [-0.15, -0.1) is 24.0 Å². The van der Waals surface area contributed by atoms with E-state index in [1.165, 1.54) is 7.11 Å². The monoisotopic (exact) mass is 483 g/mol. The van der Waals surface area contributed by atoms with E-state index in [1.54, 1.807) is 7.05 Å². The number of nitrogens with one attached hydrogen (secondary N) is 1. The number of methoxy groups -OCH3 is 1. The maximum atomic E-state index is 11.6. The molecule has 1 saturated heterocycles. The van der Waals surface area contributed by atoms with E-state index in [4.69, 9.17) is 4.74 Å². The molecule has 0 radical (unpaired) electrons. The summed E-state index contributed by atoms with van der Waals surface area (Å²) >= 11 is 0. The lowest BCUT2D eigenvalue weighted by molar-refractivity contribution is -0.146. The van der Waals surface area contributed by atoms with E-state index in [-0.39, 0.29) is 35.9 Å². The van der Waals surface area contributed by atoms with Crippen molar-refractivity contribution in [3.8, 4) is 5.69 Å². The maximum absolute atomic E-state index is 11.6. The summed E-state index contributed by atoms with van der Waals surface area (Å²) < 4.78 is 6.71. The number of benzene rings is 1. The molecule has 1 N–H and O–H groups in total. The van der Waals surface area contributed by atoms with Crippen LogP contribution in [0.2, 0.25) is 0 Å². The normalized spacial score (nSPS) is 15.2. The van der Waals surface area contributed by atoms with Crippen molar-refractivity contribution in [2.75, 3.05) is 27.2 Å². The van der Waals surface area contributed by atoms with Gasteiger partial charge in [0.15, 0.2) is 5.96 Å². The summed E-state index contributed by atoms with van der Waals surface area (Å²) in [6.07, 6.45) is 5.45. The fourth-order valence-electron chi connectivity index (χ4n) is 3.18. The molecule has 0 amide bonds. The van der Waals surface area contributed by atoms with Crippen molar-refractivity contribution in [1.82, 2.24) is 20.0 Å². The maximum Gasteiger partial charge on any atom is 0.308 e. The van der Waals surface area contributed by atoms with Crippen LogP contribution in [0, 0.1) is 5.92 Å². The summed E-state index contributed by atoms with van der Waals surface area (Å²) in [5.74, 6) is 0.736. The number of carbonyl (C=O) groups is 1. The third kappa shape index (κ3) is 5.44. The van der Waals surface area contributed by atoms with Crippen LogP contribution in [0.5, 0.6) is 0 Å². The Hall–Kier alpha value is -2.10. The second kappa shape index (κ2) is 10.3. The van der Waals surface area contributed by atoms with Crippen LogP contribution in [0.15, 0.2) is 47.7 Å². The number of guanidine groups is 1. The quantitative estimate of drug-likeness (QED) is 0.313. The zero-order valence-corrected chi connectivity index (χ0v) is 18.0. The van der Waals surface area contributed by atoms with Gasteiger partial charge in [0.1, 0.15) is 0 Å². The first-order valence-electron chi connectivity index (χ1n) is 8.83. The fourth-order valence-corrected chi connectivity index (χ4v) is 3.18. The molecule has 0 bridgehead atoms. The van der Waals surface area contributed by atoms with Gasteiger partial charge < -0.3 is 15.0 Å². The molecule has 0 saturated carbocycles. The minimum atomic E-state index is -0.110. The number of hydrogen-bond acceptors (Lipinski definition) is 4. The second-order valence-electron chi connectivity index (χ2n) is 6.31. The largest absolute Gasteiger partial charge is 0.469 e. The molecule has 7 nitrogen and oxygen atoms in total. The van der Waals surface area contributed by atoms with E-state index in [2.05, 4.69) is 20.3 Å². The number of rotatable bonds is 4. The van der Waals surface area contributed by atoms with E-state index in [9.17, 15) is 4.79 Å². The van der Waals surface area contributed by atoms with Gasteiger partial charge in [0.25, 0.3) is 0 Å². The molecule has 8 heteroatoms. The van der Waals surface area contributed by atoms with E-state index < -0.39 is 0 Å². The number of aliphatic imine (C=N–C) groups is 1. The summed E-state index contributed by atoms with van der Waals surface area (Å²) in [4.78, 5) is 18.2. The molecule has 146 valence electrons. The SMILES string of the molecule is CN=C(NCc1cnn(-c2ccccc2)c1)N1CCC(C(=O)OC)CC1.I. The molecule has 0 unspecified atom stereocenters. The Morgan fingerprint density at radius 1 is 1.30 bits per heavy atom. The highest BCUT2D eigenvalue weighted by molar-refractivity contribution is 14.0. The van der Waals surface area contributed by atoms with Crippen LogP contribution in [0.1, 0.15) is 18.4 Å². The molecule has 3 rings (SSSR count). The van der Waals surface area contributed by atoms with Crippen LogP contribution in [-0.2, 0) is 16.1 Å². The van der Waals surface area contributed by atoms with Gasteiger partial charge in [-0.1, -0.05) is 18.2 Å². The van der Waals surface area contributed by atoms with Gasteiger partial charge >= 0.3 is 5.97 Å². The predicted octanol–water partition coefficient (Wildman–Crippen LogP) is 2.45. The molecule has 0 aliphatic carbocycles. The highest BCUT2D eigenvalue weighted by Gasteiger charge is 2.26. The van der Waals surface area contributed by atoms with Crippen LogP contribution in [0.3, 0.4) is 0 Å². The molecular weight excluding hydrogens is 457 g/mol. The van der Waals surface area contributed by atoms with Crippen molar-refractivity contribution in [2.45, 2.75) is 19.4 Å². The standard InChI is InChI=1S/C19H25N5O2.HI/c1-20-19(23-10-8-16(9-11-23)18(25)26-2)21-12-15-13-22-24(14-15)17-6-4-3-5-7-17;/h3-7,13-14,16H,8-12H2,1-2H3,(H,20,21);1H. The smallest absolute Gasteiger partial charge is 0.308 e. The topological polar surface area (TPSA) is 71.8 Å². The molecule has 0 spiro atoms. The molecule has 1 aliphatic heterocycles. The first kappa shape index (κ1) is 21.2. The van der Waals surface area contributed by atoms with Crippen molar-refractivity contribution in [3.63, 3.8) is 0 Å². The number of likely N-dealkylation sites (tertiary alicyclic amines) is 1. The van der Waals surface area contributed by atoms with E-state index in [0.717, 1.165) is 43.1 Å². The first-order valence-corrected chi connectivity index (χ1v) is 8.83. The third-order valence-corrected chi connectivity index (χ3v) is 4.65. The summed E-state index contributed by atoms with van der Waals surface area (Å²) in [5.41, 5.74) is 2.12. The number of nitrogens with zero attached hydrogens (tertiary/aromatic N) is 4. The Labute approximate surface area is 176 Å².